The Morgan fingerprint density at radius 2 is 2.04 bits per heavy atom. The Morgan fingerprint density at radius 1 is 1.35 bits per heavy atom. The molecule has 0 atom stereocenters. The number of benzene rings is 1. The van der Waals surface area contributed by atoms with E-state index in [1.807, 2.05) is 10.3 Å². The fourth-order valence-corrected chi connectivity index (χ4v) is 2.97. The number of para-hydroxylation sites is 1. The van der Waals surface area contributed by atoms with E-state index in [0.717, 1.165) is 0 Å². The molecule has 0 unspecified atom stereocenters. The lowest BCUT2D eigenvalue weighted by molar-refractivity contribution is -0.123. The van der Waals surface area contributed by atoms with Crippen molar-refractivity contribution in [2.24, 2.45) is 0 Å². The van der Waals surface area contributed by atoms with Crippen molar-refractivity contribution in [2.75, 3.05) is 6.61 Å². The largest absolute Gasteiger partial charge is 0.481 e. The average molecular weight is 343 g/mol. The summed E-state index contributed by atoms with van der Waals surface area (Å²) in [5.41, 5.74) is 2.12. The van der Waals surface area contributed by atoms with Gasteiger partial charge in [-0.25, -0.2) is 12.8 Å². The van der Waals surface area contributed by atoms with E-state index >= 15 is 0 Å². The topological polar surface area (TPSA) is 111 Å². The van der Waals surface area contributed by atoms with Crippen molar-refractivity contribution in [1.29, 1.82) is 0 Å². The van der Waals surface area contributed by atoms with Gasteiger partial charge in [-0.1, -0.05) is 17.3 Å². The van der Waals surface area contributed by atoms with Crippen LogP contribution in [0.4, 0.5) is 4.39 Å². The molecule has 0 aliphatic rings. The van der Waals surface area contributed by atoms with Crippen molar-refractivity contribution < 1.29 is 26.9 Å². The SMILES string of the molecule is Cc1noc(C)c1S(=O)(=O)NNC(=O)COc1ccccc1F. The molecule has 0 aliphatic heterocycles. The van der Waals surface area contributed by atoms with Gasteiger partial charge < -0.3 is 9.26 Å². The minimum atomic E-state index is -4.03. The first kappa shape index (κ1) is 16.9. The molecular weight excluding hydrogens is 329 g/mol. The molecular formula is C13H14FN3O5S. The Labute approximate surface area is 131 Å². The van der Waals surface area contributed by atoms with Gasteiger partial charge in [0, 0.05) is 0 Å². The lowest BCUT2D eigenvalue weighted by atomic mass is 10.3. The normalized spacial score (nSPS) is 11.3. The van der Waals surface area contributed by atoms with Gasteiger partial charge in [0.05, 0.1) is 0 Å². The van der Waals surface area contributed by atoms with Gasteiger partial charge in [-0.3, -0.25) is 10.2 Å². The highest BCUT2D eigenvalue weighted by Crippen LogP contribution is 2.18. The van der Waals surface area contributed by atoms with E-state index in [2.05, 4.69) is 5.16 Å². The monoisotopic (exact) mass is 343 g/mol. The van der Waals surface area contributed by atoms with Crippen LogP contribution in [-0.2, 0) is 14.8 Å². The first-order valence-corrected chi connectivity index (χ1v) is 7.90. The summed E-state index contributed by atoms with van der Waals surface area (Å²) >= 11 is 0. The Kier molecular flexibility index (Phi) is 4.96. The molecule has 23 heavy (non-hydrogen) atoms. The van der Waals surface area contributed by atoms with Crippen LogP contribution in [0.25, 0.3) is 0 Å². The van der Waals surface area contributed by atoms with Crippen LogP contribution in [0.1, 0.15) is 11.5 Å². The summed E-state index contributed by atoms with van der Waals surface area (Å²) in [6.45, 7) is 2.32. The molecule has 2 rings (SSSR count). The molecule has 1 aromatic heterocycles. The van der Waals surface area contributed by atoms with Gasteiger partial charge in [-0.15, -0.1) is 4.83 Å². The molecule has 2 aromatic rings. The fourth-order valence-electron chi connectivity index (χ4n) is 1.77. The van der Waals surface area contributed by atoms with Crippen molar-refractivity contribution in [3.8, 4) is 5.75 Å². The van der Waals surface area contributed by atoms with E-state index in [4.69, 9.17) is 9.26 Å². The van der Waals surface area contributed by atoms with Crippen LogP contribution in [0.2, 0.25) is 0 Å². The van der Waals surface area contributed by atoms with Crippen LogP contribution in [0, 0.1) is 19.7 Å². The van der Waals surface area contributed by atoms with Crippen LogP contribution >= 0.6 is 0 Å². The van der Waals surface area contributed by atoms with Crippen molar-refractivity contribution >= 4 is 15.9 Å². The summed E-state index contributed by atoms with van der Waals surface area (Å²) in [7, 11) is -4.03. The van der Waals surface area contributed by atoms with E-state index in [0.29, 0.717) is 0 Å². The number of ether oxygens (including phenoxy) is 1. The Balaban J connectivity index is 1.93. The second kappa shape index (κ2) is 6.75. The van der Waals surface area contributed by atoms with Gasteiger partial charge in [0.2, 0.25) is 0 Å². The number of aromatic nitrogens is 1. The Hall–Kier alpha value is -2.46. The maximum Gasteiger partial charge on any atom is 0.272 e. The summed E-state index contributed by atoms with van der Waals surface area (Å²) in [5, 5.41) is 3.52. The maximum absolute atomic E-state index is 13.3. The molecule has 1 amide bonds. The van der Waals surface area contributed by atoms with Gasteiger partial charge >= 0.3 is 0 Å². The second-order valence-corrected chi connectivity index (χ2v) is 6.15. The number of sulfonamides is 1. The van der Waals surface area contributed by atoms with Crippen molar-refractivity contribution in [2.45, 2.75) is 18.7 Å². The molecule has 124 valence electrons. The Morgan fingerprint density at radius 3 is 2.65 bits per heavy atom. The van der Waals surface area contributed by atoms with Crippen LogP contribution in [-0.4, -0.2) is 26.1 Å². The molecule has 0 saturated carbocycles. The molecule has 0 fully saturated rings. The van der Waals surface area contributed by atoms with Crippen molar-refractivity contribution in [3.63, 3.8) is 0 Å². The fraction of sp³-hybridized carbons (Fsp3) is 0.231. The number of hydrazine groups is 1. The highest BCUT2D eigenvalue weighted by Gasteiger charge is 2.24. The minimum absolute atomic E-state index is 0.0897. The second-order valence-electron chi connectivity index (χ2n) is 4.53. The summed E-state index contributed by atoms with van der Waals surface area (Å²) in [6, 6.07) is 5.53. The number of hydrogen-bond donors (Lipinski definition) is 2. The van der Waals surface area contributed by atoms with Gasteiger partial charge in [0.25, 0.3) is 15.9 Å². The van der Waals surface area contributed by atoms with Crippen LogP contribution in [0.15, 0.2) is 33.7 Å². The highest BCUT2D eigenvalue weighted by molar-refractivity contribution is 7.89. The number of aryl methyl sites for hydroxylation is 2. The van der Waals surface area contributed by atoms with E-state index in [1.165, 1.54) is 38.1 Å². The number of hydrogen-bond acceptors (Lipinski definition) is 6. The zero-order chi connectivity index (χ0) is 17.0. The predicted molar refractivity (Wildman–Crippen MR) is 76.3 cm³/mol. The minimum Gasteiger partial charge on any atom is -0.481 e. The van der Waals surface area contributed by atoms with E-state index < -0.39 is 28.4 Å². The number of carbonyl (C=O) groups excluding carboxylic acids is 1. The molecule has 0 spiro atoms. The molecule has 1 aromatic carbocycles. The van der Waals surface area contributed by atoms with Crippen LogP contribution < -0.4 is 15.0 Å². The third-order valence-electron chi connectivity index (χ3n) is 2.76. The van der Waals surface area contributed by atoms with E-state index in [-0.39, 0.29) is 22.1 Å². The molecule has 0 radical (unpaired) electrons. The highest BCUT2D eigenvalue weighted by atomic mass is 32.2. The molecule has 0 aliphatic carbocycles. The smallest absolute Gasteiger partial charge is 0.272 e. The number of nitrogens with one attached hydrogen (secondary N) is 2. The van der Waals surface area contributed by atoms with Crippen molar-refractivity contribution in [3.05, 3.63) is 41.5 Å². The maximum atomic E-state index is 13.3. The quantitative estimate of drug-likeness (QED) is 0.751. The first-order valence-electron chi connectivity index (χ1n) is 6.42. The standard InChI is InChI=1S/C13H14FN3O5S/c1-8-13(9(2)22-16-8)23(19,20)17-15-12(18)7-21-11-6-4-3-5-10(11)14/h3-6,17H,7H2,1-2H3,(H,15,18). The van der Waals surface area contributed by atoms with E-state index in [9.17, 15) is 17.6 Å². The molecule has 2 N–H and O–H groups in total. The zero-order valence-electron chi connectivity index (χ0n) is 12.3. The Bertz CT molecular complexity index is 799. The summed E-state index contributed by atoms with van der Waals surface area (Å²) < 4.78 is 47.1. The summed E-state index contributed by atoms with van der Waals surface area (Å²) in [6.07, 6.45) is 0. The molecule has 10 heteroatoms. The number of nitrogens with zero attached hydrogens (tertiary/aromatic N) is 1. The van der Waals surface area contributed by atoms with Gasteiger partial charge in [0.1, 0.15) is 10.6 Å². The van der Waals surface area contributed by atoms with E-state index in [1.54, 1.807) is 0 Å². The van der Waals surface area contributed by atoms with Crippen LogP contribution in [0.5, 0.6) is 5.75 Å². The first-order chi connectivity index (χ1) is 10.8. The molecule has 0 saturated heterocycles. The molecule has 1 heterocycles. The molecule has 8 nitrogen and oxygen atoms in total. The zero-order valence-corrected chi connectivity index (χ0v) is 13.1. The summed E-state index contributed by atoms with van der Waals surface area (Å²) in [5.74, 6) is -1.46. The average Bonchev–Trinajstić information content (AvgIpc) is 2.84. The lowest BCUT2D eigenvalue weighted by Gasteiger charge is -2.09. The van der Waals surface area contributed by atoms with Crippen LogP contribution in [0.3, 0.4) is 0 Å². The van der Waals surface area contributed by atoms with Gasteiger partial charge in [0.15, 0.2) is 23.9 Å². The summed E-state index contributed by atoms with van der Waals surface area (Å²) in [4.78, 5) is 13.3. The number of rotatable bonds is 6. The van der Waals surface area contributed by atoms with Gasteiger partial charge in [-0.05, 0) is 26.0 Å². The third-order valence-corrected chi connectivity index (χ3v) is 4.25. The molecule has 0 bridgehead atoms. The number of halogens is 1. The van der Waals surface area contributed by atoms with Gasteiger partial charge in [-0.2, -0.15) is 0 Å². The van der Waals surface area contributed by atoms with Crippen molar-refractivity contribution in [1.82, 2.24) is 15.4 Å². The number of amides is 1. The lowest BCUT2D eigenvalue weighted by Crippen LogP contribution is -2.44. The third kappa shape index (κ3) is 4.05. The number of carbonyl (C=O) groups is 1. The predicted octanol–water partition coefficient (Wildman–Crippen LogP) is 0.819.